The SMILES string of the molecule is CC(C)c1ccc(S(=O)(=O)N2CCc3onc(COc4cccnc4)c3C2)cc1. The quantitative estimate of drug-likeness (QED) is 0.615. The lowest BCUT2D eigenvalue weighted by atomic mass is 10.0. The van der Waals surface area contributed by atoms with E-state index in [-0.39, 0.29) is 13.2 Å². The highest BCUT2D eigenvalue weighted by molar-refractivity contribution is 7.89. The van der Waals surface area contributed by atoms with E-state index in [2.05, 4.69) is 24.0 Å². The topological polar surface area (TPSA) is 85.5 Å². The Balaban J connectivity index is 1.52. The first kappa shape index (κ1) is 19.6. The van der Waals surface area contributed by atoms with Crippen LogP contribution >= 0.6 is 0 Å². The summed E-state index contributed by atoms with van der Waals surface area (Å²) in [4.78, 5) is 4.31. The second-order valence-electron chi connectivity index (χ2n) is 7.32. The largest absolute Gasteiger partial charge is 0.486 e. The van der Waals surface area contributed by atoms with E-state index in [0.29, 0.717) is 35.2 Å². The molecule has 0 aliphatic carbocycles. The molecule has 3 heterocycles. The number of pyridine rings is 1. The average Bonchev–Trinajstić information content (AvgIpc) is 3.15. The predicted molar refractivity (Wildman–Crippen MR) is 107 cm³/mol. The van der Waals surface area contributed by atoms with Crippen LogP contribution in [0.3, 0.4) is 0 Å². The van der Waals surface area contributed by atoms with Crippen LogP contribution in [0, 0.1) is 0 Å². The van der Waals surface area contributed by atoms with E-state index in [9.17, 15) is 8.42 Å². The number of hydrogen-bond donors (Lipinski definition) is 0. The molecule has 0 unspecified atom stereocenters. The van der Waals surface area contributed by atoms with Gasteiger partial charge >= 0.3 is 0 Å². The summed E-state index contributed by atoms with van der Waals surface area (Å²) < 4.78 is 38.9. The molecule has 0 saturated carbocycles. The third-order valence-electron chi connectivity index (χ3n) is 5.07. The molecule has 8 heteroatoms. The third-order valence-corrected chi connectivity index (χ3v) is 6.93. The van der Waals surface area contributed by atoms with Gasteiger partial charge in [0, 0.05) is 31.3 Å². The average molecular weight is 413 g/mol. The summed E-state index contributed by atoms with van der Waals surface area (Å²) in [5.41, 5.74) is 2.50. The Morgan fingerprint density at radius 2 is 2.00 bits per heavy atom. The highest BCUT2D eigenvalue weighted by Gasteiger charge is 2.32. The van der Waals surface area contributed by atoms with Crippen LogP contribution in [0.5, 0.6) is 5.75 Å². The van der Waals surface area contributed by atoms with Crippen molar-refractivity contribution in [2.45, 2.75) is 44.2 Å². The fourth-order valence-electron chi connectivity index (χ4n) is 3.32. The van der Waals surface area contributed by atoms with Crippen LogP contribution < -0.4 is 4.74 Å². The molecule has 0 saturated heterocycles. The van der Waals surface area contributed by atoms with Gasteiger partial charge in [0.25, 0.3) is 0 Å². The number of hydrogen-bond acceptors (Lipinski definition) is 6. The lowest BCUT2D eigenvalue weighted by Gasteiger charge is -2.25. The Morgan fingerprint density at radius 1 is 1.21 bits per heavy atom. The van der Waals surface area contributed by atoms with Crippen molar-refractivity contribution in [3.63, 3.8) is 0 Å². The van der Waals surface area contributed by atoms with Gasteiger partial charge in [-0.15, -0.1) is 0 Å². The number of fused-ring (bicyclic) bond motifs is 1. The zero-order valence-corrected chi connectivity index (χ0v) is 17.2. The molecule has 7 nitrogen and oxygen atoms in total. The van der Waals surface area contributed by atoms with Gasteiger partial charge in [-0.25, -0.2) is 8.42 Å². The first-order valence-electron chi connectivity index (χ1n) is 9.54. The summed E-state index contributed by atoms with van der Waals surface area (Å²) in [7, 11) is -3.60. The van der Waals surface area contributed by atoms with Crippen molar-refractivity contribution in [1.29, 1.82) is 0 Å². The van der Waals surface area contributed by atoms with Crippen molar-refractivity contribution in [1.82, 2.24) is 14.4 Å². The van der Waals surface area contributed by atoms with E-state index < -0.39 is 10.0 Å². The fourth-order valence-corrected chi connectivity index (χ4v) is 4.72. The van der Waals surface area contributed by atoms with Gasteiger partial charge in [0.2, 0.25) is 10.0 Å². The number of benzene rings is 1. The first-order chi connectivity index (χ1) is 13.9. The maximum atomic E-state index is 13.1. The third kappa shape index (κ3) is 4.04. The molecule has 0 fully saturated rings. The van der Waals surface area contributed by atoms with Crippen molar-refractivity contribution in [2.24, 2.45) is 0 Å². The zero-order chi connectivity index (χ0) is 20.4. The van der Waals surface area contributed by atoms with Crippen LogP contribution in [-0.2, 0) is 29.6 Å². The highest BCUT2D eigenvalue weighted by atomic mass is 32.2. The predicted octanol–water partition coefficient (Wildman–Crippen LogP) is 3.52. The smallest absolute Gasteiger partial charge is 0.243 e. The maximum absolute atomic E-state index is 13.1. The van der Waals surface area contributed by atoms with Crippen molar-refractivity contribution >= 4 is 10.0 Å². The molecule has 0 radical (unpaired) electrons. The number of nitrogens with zero attached hydrogens (tertiary/aromatic N) is 3. The summed E-state index contributed by atoms with van der Waals surface area (Å²) in [6.07, 6.45) is 3.77. The molecule has 3 aromatic rings. The minimum Gasteiger partial charge on any atom is -0.486 e. The number of aromatic nitrogens is 2. The standard InChI is InChI=1S/C21H23N3O4S/c1-15(2)16-5-7-18(8-6-16)29(25,26)24-11-9-21-19(13-24)20(23-28-21)14-27-17-4-3-10-22-12-17/h3-8,10,12,15H,9,11,13-14H2,1-2H3. The van der Waals surface area contributed by atoms with Gasteiger partial charge < -0.3 is 9.26 Å². The summed E-state index contributed by atoms with van der Waals surface area (Å²) in [5.74, 6) is 1.69. The van der Waals surface area contributed by atoms with Gasteiger partial charge in [-0.2, -0.15) is 4.31 Å². The van der Waals surface area contributed by atoms with E-state index in [4.69, 9.17) is 9.26 Å². The van der Waals surface area contributed by atoms with Gasteiger partial charge in [-0.1, -0.05) is 31.1 Å². The van der Waals surface area contributed by atoms with Gasteiger partial charge in [0.05, 0.1) is 11.1 Å². The molecule has 1 aliphatic rings. The highest BCUT2D eigenvalue weighted by Crippen LogP contribution is 2.28. The van der Waals surface area contributed by atoms with E-state index in [1.54, 1.807) is 36.7 Å². The van der Waals surface area contributed by atoms with E-state index in [1.165, 1.54) is 4.31 Å². The molecule has 0 amide bonds. The van der Waals surface area contributed by atoms with Crippen LogP contribution in [0.15, 0.2) is 58.2 Å². The van der Waals surface area contributed by atoms with Gasteiger partial charge in [-0.3, -0.25) is 4.98 Å². The fraction of sp³-hybridized carbons (Fsp3) is 0.333. The summed E-state index contributed by atoms with van der Waals surface area (Å²) in [6, 6.07) is 10.7. The summed E-state index contributed by atoms with van der Waals surface area (Å²) >= 11 is 0. The normalized spacial score (nSPS) is 14.7. The second-order valence-corrected chi connectivity index (χ2v) is 9.26. The van der Waals surface area contributed by atoms with Crippen LogP contribution in [0.4, 0.5) is 0 Å². The van der Waals surface area contributed by atoms with Crippen molar-refractivity contribution in [2.75, 3.05) is 6.54 Å². The summed E-state index contributed by atoms with van der Waals surface area (Å²) in [5, 5.41) is 4.09. The molecule has 0 atom stereocenters. The Hall–Kier alpha value is -2.71. The van der Waals surface area contributed by atoms with Crippen LogP contribution in [0.1, 0.15) is 42.3 Å². The number of rotatable bonds is 6. The minimum atomic E-state index is -3.60. The second kappa shape index (κ2) is 7.96. The van der Waals surface area contributed by atoms with Crippen LogP contribution in [0.2, 0.25) is 0 Å². The molecule has 0 N–H and O–H groups in total. The Bertz CT molecular complexity index is 1080. The molecule has 0 bridgehead atoms. The Labute approximate surface area is 170 Å². The first-order valence-corrected chi connectivity index (χ1v) is 11.0. The van der Waals surface area contributed by atoms with Gasteiger partial charge in [-0.05, 0) is 35.7 Å². The van der Waals surface area contributed by atoms with Crippen molar-refractivity contribution < 1.29 is 17.7 Å². The molecule has 2 aromatic heterocycles. The van der Waals surface area contributed by atoms with E-state index >= 15 is 0 Å². The van der Waals surface area contributed by atoms with Gasteiger partial charge in [0.15, 0.2) is 0 Å². The minimum absolute atomic E-state index is 0.196. The molecule has 1 aliphatic heterocycles. The van der Waals surface area contributed by atoms with E-state index in [1.807, 2.05) is 12.1 Å². The molecular formula is C21H23N3O4S. The van der Waals surface area contributed by atoms with E-state index in [0.717, 1.165) is 16.9 Å². The number of sulfonamides is 1. The van der Waals surface area contributed by atoms with Gasteiger partial charge in [0.1, 0.15) is 23.8 Å². The Morgan fingerprint density at radius 3 is 2.69 bits per heavy atom. The van der Waals surface area contributed by atoms with Crippen LogP contribution in [0.25, 0.3) is 0 Å². The molecule has 4 rings (SSSR count). The molecular weight excluding hydrogens is 390 g/mol. The molecule has 1 aromatic carbocycles. The number of ether oxygens (including phenoxy) is 1. The summed E-state index contributed by atoms with van der Waals surface area (Å²) in [6.45, 7) is 4.94. The molecule has 29 heavy (non-hydrogen) atoms. The Kier molecular flexibility index (Phi) is 5.38. The van der Waals surface area contributed by atoms with Crippen LogP contribution in [-0.4, -0.2) is 29.4 Å². The van der Waals surface area contributed by atoms with Crippen molar-refractivity contribution in [3.05, 3.63) is 71.4 Å². The monoisotopic (exact) mass is 413 g/mol. The maximum Gasteiger partial charge on any atom is 0.243 e. The molecule has 0 spiro atoms. The zero-order valence-electron chi connectivity index (χ0n) is 16.4. The lowest BCUT2D eigenvalue weighted by Crippen LogP contribution is -2.36. The lowest BCUT2D eigenvalue weighted by molar-refractivity contribution is 0.286. The van der Waals surface area contributed by atoms with Crippen molar-refractivity contribution in [3.8, 4) is 5.75 Å². The molecule has 152 valence electrons.